The van der Waals surface area contributed by atoms with Crippen LogP contribution in [0.3, 0.4) is 0 Å². The lowest BCUT2D eigenvalue weighted by Crippen LogP contribution is -2.03. The zero-order valence-corrected chi connectivity index (χ0v) is 7.95. The molecule has 0 spiro atoms. The highest BCUT2D eigenvalue weighted by atomic mass is 16.4. The lowest BCUT2D eigenvalue weighted by Gasteiger charge is -2.03. The normalized spacial score (nSPS) is 10.2. The Kier molecular flexibility index (Phi) is 2.17. The van der Waals surface area contributed by atoms with Crippen molar-refractivity contribution in [3.05, 3.63) is 35.7 Å². The fourth-order valence-electron chi connectivity index (χ4n) is 1.26. The molecule has 0 amide bonds. The van der Waals surface area contributed by atoms with E-state index in [1.165, 1.54) is 17.1 Å². The van der Waals surface area contributed by atoms with E-state index in [2.05, 4.69) is 15.5 Å². The molecule has 0 saturated heterocycles. The number of aromatic nitrogens is 4. The second kappa shape index (κ2) is 3.49. The number of hydrogen-bond donors (Lipinski definition) is 1. The van der Waals surface area contributed by atoms with Gasteiger partial charge in [-0.05, 0) is 35.0 Å². The van der Waals surface area contributed by atoms with Gasteiger partial charge in [-0.3, -0.25) is 0 Å². The molecule has 1 heterocycles. The van der Waals surface area contributed by atoms with Gasteiger partial charge in [0.05, 0.1) is 11.3 Å². The van der Waals surface area contributed by atoms with Gasteiger partial charge >= 0.3 is 5.97 Å². The molecule has 6 heteroatoms. The molecule has 1 aromatic heterocycles. The molecule has 1 aromatic carbocycles. The quantitative estimate of drug-likeness (QED) is 0.777. The Labute approximate surface area is 85.2 Å². The zero-order valence-electron chi connectivity index (χ0n) is 7.95. The number of tetrazole rings is 1. The zero-order chi connectivity index (χ0) is 10.8. The fraction of sp³-hybridized carbons (Fsp3) is 0.111. The summed E-state index contributed by atoms with van der Waals surface area (Å²) < 4.78 is 1.41. The van der Waals surface area contributed by atoms with Gasteiger partial charge in [-0.2, -0.15) is 0 Å². The minimum Gasteiger partial charge on any atom is -0.478 e. The summed E-state index contributed by atoms with van der Waals surface area (Å²) in [5.41, 5.74) is 1.59. The maximum atomic E-state index is 10.9. The molecule has 0 aliphatic heterocycles. The molecule has 0 saturated carbocycles. The molecule has 2 aromatic rings. The van der Waals surface area contributed by atoms with Gasteiger partial charge in [0.15, 0.2) is 0 Å². The first-order valence-electron chi connectivity index (χ1n) is 4.26. The fourth-order valence-corrected chi connectivity index (χ4v) is 1.26. The summed E-state index contributed by atoms with van der Waals surface area (Å²) in [6.07, 6.45) is 1.41. The molecule has 0 unspecified atom stereocenters. The SMILES string of the molecule is Cc1ccc(-n2cnnn2)cc1C(=O)O. The van der Waals surface area contributed by atoms with Gasteiger partial charge in [-0.15, -0.1) is 5.10 Å². The Bertz CT molecular complexity index is 493. The van der Waals surface area contributed by atoms with Crippen LogP contribution in [0.15, 0.2) is 24.5 Å². The van der Waals surface area contributed by atoms with Gasteiger partial charge in [0, 0.05) is 0 Å². The number of rotatable bonds is 2. The largest absolute Gasteiger partial charge is 0.478 e. The van der Waals surface area contributed by atoms with Gasteiger partial charge in [-0.1, -0.05) is 6.07 Å². The van der Waals surface area contributed by atoms with E-state index < -0.39 is 5.97 Å². The average molecular weight is 204 g/mol. The number of carbonyl (C=O) groups is 1. The minimum atomic E-state index is -0.956. The molecule has 0 atom stereocenters. The number of carboxylic acid groups (broad SMARTS) is 1. The molecule has 0 aliphatic carbocycles. The standard InChI is InChI=1S/C9H8N4O2/c1-6-2-3-7(4-8(6)9(14)15)13-5-10-11-12-13/h2-5H,1H3,(H,14,15). The Hall–Kier alpha value is -2.24. The maximum absolute atomic E-state index is 10.9. The molecule has 0 fully saturated rings. The van der Waals surface area contributed by atoms with Crippen LogP contribution in [-0.4, -0.2) is 31.3 Å². The molecule has 1 N–H and O–H groups in total. The summed E-state index contributed by atoms with van der Waals surface area (Å²) >= 11 is 0. The monoisotopic (exact) mass is 204 g/mol. The second-order valence-electron chi connectivity index (χ2n) is 3.06. The van der Waals surface area contributed by atoms with Crippen molar-refractivity contribution in [2.24, 2.45) is 0 Å². The van der Waals surface area contributed by atoms with Crippen molar-refractivity contribution in [2.75, 3.05) is 0 Å². The number of benzene rings is 1. The predicted octanol–water partition coefficient (Wildman–Crippen LogP) is 0.669. The molecule has 76 valence electrons. The minimum absolute atomic E-state index is 0.253. The van der Waals surface area contributed by atoms with Crippen LogP contribution in [0.4, 0.5) is 0 Å². The molecule has 2 rings (SSSR count). The van der Waals surface area contributed by atoms with Gasteiger partial charge in [-0.25, -0.2) is 9.48 Å². The van der Waals surface area contributed by atoms with Crippen LogP contribution in [0.25, 0.3) is 5.69 Å². The molecule has 0 radical (unpaired) electrons. The van der Waals surface area contributed by atoms with E-state index in [0.29, 0.717) is 11.3 Å². The van der Waals surface area contributed by atoms with Crippen LogP contribution in [0, 0.1) is 6.92 Å². The topological polar surface area (TPSA) is 80.9 Å². The van der Waals surface area contributed by atoms with Crippen molar-refractivity contribution in [3.8, 4) is 5.69 Å². The number of hydrogen-bond acceptors (Lipinski definition) is 4. The Morgan fingerprint density at radius 3 is 2.87 bits per heavy atom. The lowest BCUT2D eigenvalue weighted by atomic mass is 10.1. The van der Waals surface area contributed by atoms with Crippen LogP contribution in [0.1, 0.15) is 15.9 Å². The van der Waals surface area contributed by atoms with Crippen molar-refractivity contribution >= 4 is 5.97 Å². The van der Waals surface area contributed by atoms with Crippen LogP contribution < -0.4 is 0 Å². The highest BCUT2D eigenvalue weighted by Gasteiger charge is 2.08. The van der Waals surface area contributed by atoms with Crippen LogP contribution in [0.2, 0.25) is 0 Å². The van der Waals surface area contributed by atoms with E-state index in [4.69, 9.17) is 5.11 Å². The van der Waals surface area contributed by atoms with E-state index in [0.717, 1.165) is 0 Å². The van der Waals surface area contributed by atoms with Crippen LogP contribution in [0.5, 0.6) is 0 Å². The van der Waals surface area contributed by atoms with E-state index in [1.54, 1.807) is 19.1 Å². The Morgan fingerprint density at radius 1 is 1.47 bits per heavy atom. The van der Waals surface area contributed by atoms with Crippen molar-refractivity contribution < 1.29 is 9.90 Å². The lowest BCUT2D eigenvalue weighted by molar-refractivity contribution is 0.0696. The molecule has 15 heavy (non-hydrogen) atoms. The summed E-state index contributed by atoms with van der Waals surface area (Å²) in [4.78, 5) is 10.9. The van der Waals surface area contributed by atoms with Gasteiger partial charge in [0.2, 0.25) is 0 Å². The third kappa shape index (κ3) is 1.69. The summed E-state index contributed by atoms with van der Waals surface area (Å²) in [5, 5.41) is 19.6. The molecule has 0 bridgehead atoms. The van der Waals surface area contributed by atoms with Crippen LogP contribution >= 0.6 is 0 Å². The first-order chi connectivity index (χ1) is 7.18. The highest BCUT2D eigenvalue weighted by molar-refractivity contribution is 5.90. The summed E-state index contributed by atoms with van der Waals surface area (Å²) in [6.45, 7) is 1.74. The van der Waals surface area contributed by atoms with Gasteiger partial charge < -0.3 is 5.11 Å². The third-order valence-corrected chi connectivity index (χ3v) is 2.07. The molecular weight excluding hydrogens is 196 g/mol. The molecule has 0 aliphatic rings. The smallest absolute Gasteiger partial charge is 0.336 e. The number of carboxylic acids is 1. The Balaban J connectivity index is 2.52. The van der Waals surface area contributed by atoms with Crippen molar-refractivity contribution in [2.45, 2.75) is 6.92 Å². The number of aromatic carboxylic acids is 1. The molecule has 6 nitrogen and oxygen atoms in total. The van der Waals surface area contributed by atoms with E-state index in [1.807, 2.05) is 0 Å². The highest BCUT2D eigenvalue weighted by Crippen LogP contribution is 2.13. The first-order valence-corrected chi connectivity index (χ1v) is 4.26. The van der Waals surface area contributed by atoms with E-state index >= 15 is 0 Å². The van der Waals surface area contributed by atoms with Crippen LogP contribution in [-0.2, 0) is 0 Å². The number of aryl methyl sites for hydroxylation is 1. The maximum Gasteiger partial charge on any atom is 0.336 e. The Morgan fingerprint density at radius 2 is 2.27 bits per heavy atom. The number of nitrogens with zero attached hydrogens (tertiary/aromatic N) is 4. The van der Waals surface area contributed by atoms with Crippen molar-refractivity contribution in [1.29, 1.82) is 0 Å². The van der Waals surface area contributed by atoms with Crippen molar-refractivity contribution in [3.63, 3.8) is 0 Å². The summed E-state index contributed by atoms with van der Waals surface area (Å²) in [6, 6.07) is 5.02. The van der Waals surface area contributed by atoms with Crippen molar-refractivity contribution in [1.82, 2.24) is 20.2 Å². The molecular formula is C9H8N4O2. The second-order valence-corrected chi connectivity index (χ2v) is 3.06. The van der Waals surface area contributed by atoms with Gasteiger partial charge in [0.25, 0.3) is 0 Å². The summed E-state index contributed by atoms with van der Waals surface area (Å²) in [5.74, 6) is -0.956. The summed E-state index contributed by atoms with van der Waals surface area (Å²) in [7, 11) is 0. The average Bonchev–Trinajstić information content (AvgIpc) is 2.71. The van der Waals surface area contributed by atoms with E-state index in [-0.39, 0.29) is 5.56 Å². The van der Waals surface area contributed by atoms with E-state index in [9.17, 15) is 4.79 Å². The third-order valence-electron chi connectivity index (χ3n) is 2.07. The predicted molar refractivity (Wildman–Crippen MR) is 50.9 cm³/mol. The van der Waals surface area contributed by atoms with Gasteiger partial charge in [0.1, 0.15) is 6.33 Å². The first kappa shape index (κ1) is 9.32.